The van der Waals surface area contributed by atoms with Crippen molar-refractivity contribution in [3.05, 3.63) is 29.8 Å². The van der Waals surface area contributed by atoms with Gasteiger partial charge in [0.05, 0.1) is 0 Å². The standard InChI is InChI=1S/C21H35NO/c1-7-12-18(13-8-2)22(20(23)21(5,6)10-4)19-15-11-14-17(9-3)16-19/h11,14-16,18H,7-10,12-13H2,1-6H3. The average Bonchev–Trinajstić information content (AvgIpc) is 2.55. The smallest absolute Gasteiger partial charge is 0.232 e. The van der Waals surface area contributed by atoms with Gasteiger partial charge in [-0.15, -0.1) is 0 Å². The monoisotopic (exact) mass is 317 g/mol. The predicted octanol–water partition coefficient (Wildman–Crippen LogP) is 5.99. The van der Waals surface area contributed by atoms with Gasteiger partial charge in [0.25, 0.3) is 0 Å². The van der Waals surface area contributed by atoms with E-state index in [1.165, 1.54) is 5.56 Å². The van der Waals surface area contributed by atoms with Crippen LogP contribution < -0.4 is 4.90 Å². The lowest BCUT2D eigenvalue weighted by molar-refractivity contribution is -0.127. The van der Waals surface area contributed by atoms with E-state index in [-0.39, 0.29) is 11.3 Å². The van der Waals surface area contributed by atoms with Crippen LogP contribution in [-0.4, -0.2) is 11.9 Å². The fourth-order valence-corrected chi connectivity index (χ4v) is 2.97. The molecule has 1 aromatic rings. The van der Waals surface area contributed by atoms with Crippen molar-refractivity contribution in [2.45, 2.75) is 86.1 Å². The summed E-state index contributed by atoms with van der Waals surface area (Å²) in [5.41, 5.74) is 2.05. The summed E-state index contributed by atoms with van der Waals surface area (Å²) in [5, 5.41) is 0. The highest BCUT2D eigenvalue weighted by Gasteiger charge is 2.34. The normalized spacial score (nSPS) is 11.8. The van der Waals surface area contributed by atoms with Crippen molar-refractivity contribution in [1.82, 2.24) is 0 Å². The number of carbonyl (C=O) groups excluding carboxylic acids is 1. The molecule has 0 saturated heterocycles. The minimum absolute atomic E-state index is 0.264. The average molecular weight is 318 g/mol. The number of aryl methyl sites for hydroxylation is 1. The molecule has 0 heterocycles. The summed E-state index contributed by atoms with van der Waals surface area (Å²) in [4.78, 5) is 15.4. The van der Waals surface area contributed by atoms with Gasteiger partial charge in [0.2, 0.25) is 5.91 Å². The molecule has 2 nitrogen and oxygen atoms in total. The van der Waals surface area contributed by atoms with Crippen LogP contribution >= 0.6 is 0 Å². The van der Waals surface area contributed by atoms with Crippen LogP contribution in [0, 0.1) is 5.41 Å². The SMILES string of the molecule is CCCC(CCC)N(C(=O)C(C)(C)CC)c1cccc(CC)c1. The van der Waals surface area contributed by atoms with Crippen molar-refractivity contribution in [2.75, 3.05) is 4.90 Å². The zero-order valence-corrected chi connectivity index (χ0v) is 16.0. The van der Waals surface area contributed by atoms with Crippen LogP contribution in [-0.2, 0) is 11.2 Å². The molecule has 0 aliphatic heterocycles. The Morgan fingerprint density at radius 1 is 1.09 bits per heavy atom. The molecule has 0 saturated carbocycles. The van der Waals surface area contributed by atoms with E-state index < -0.39 is 0 Å². The van der Waals surface area contributed by atoms with E-state index >= 15 is 0 Å². The minimum atomic E-state index is -0.318. The van der Waals surface area contributed by atoms with E-state index in [1.54, 1.807) is 0 Å². The van der Waals surface area contributed by atoms with Crippen LogP contribution in [0.5, 0.6) is 0 Å². The number of anilines is 1. The molecule has 130 valence electrons. The summed E-state index contributed by atoms with van der Waals surface area (Å²) in [7, 11) is 0. The Morgan fingerprint density at radius 3 is 2.17 bits per heavy atom. The van der Waals surface area contributed by atoms with E-state index in [0.717, 1.165) is 44.2 Å². The molecule has 1 amide bonds. The third-order valence-electron chi connectivity index (χ3n) is 4.89. The number of rotatable bonds is 9. The molecule has 0 atom stereocenters. The topological polar surface area (TPSA) is 20.3 Å². The van der Waals surface area contributed by atoms with Gasteiger partial charge in [-0.1, -0.05) is 66.5 Å². The lowest BCUT2D eigenvalue weighted by Gasteiger charge is -2.37. The second-order valence-electron chi connectivity index (χ2n) is 7.17. The molecular formula is C21H35NO. The molecule has 0 spiro atoms. The third-order valence-corrected chi connectivity index (χ3v) is 4.89. The van der Waals surface area contributed by atoms with Crippen molar-refractivity contribution < 1.29 is 4.79 Å². The number of benzene rings is 1. The number of nitrogens with zero attached hydrogens (tertiary/aromatic N) is 1. The lowest BCUT2D eigenvalue weighted by Crippen LogP contribution is -2.47. The second-order valence-corrected chi connectivity index (χ2v) is 7.17. The van der Waals surface area contributed by atoms with Crippen LogP contribution in [0.2, 0.25) is 0 Å². The number of hydrogen-bond acceptors (Lipinski definition) is 1. The first-order valence-corrected chi connectivity index (χ1v) is 9.33. The number of carbonyl (C=O) groups is 1. The van der Waals surface area contributed by atoms with E-state index in [1.807, 2.05) is 0 Å². The van der Waals surface area contributed by atoms with Gasteiger partial charge in [0, 0.05) is 17.1 Å². The third kappa shape index (κ3) is 5.09. The molecule has 0 radical (unpaired) electrons. The first-order chi connectivity index (χ1) is 10.9. The zero-order valence-electron chi connectivity index (χ0n) is 16.0. The Bertz CT molecular complexity index is 486. The first-order valence-electron chi connectivity index (χ1n) is 9.33. The van der Waals surface area contributed by atoms with Crippen molar-refractivity contribution in [3.8, 4) is 0 Å². The number of amides is 1. The van der Waals surface area contributed by atoms with E-state index in [4.69, 9.17) is 0 Å². The fourth-order valence-electron chi connectivity index (χ4n) is 2.97. The summed E-state index contributed by atoms with van der Waals surface area (Å²) in [6.07, 6.45) is 6.20. The van der Waals surface area contributed by atoms with Gasteiger partial charge >= 0.3 is 0 Å². The van der Waals surface area contributed by atoms with E-state index in [2.05, 4.69) is 70.7 Å². The van der Waals surface area contributed by atoms with Gasteiger partial charge in [-0.2, -0.15) is 0 Å². The fraction of sp³-hybridized carbons (Fsp3) is 0.667. The van der Waals surface area contributed by atoms with E-state index in [9.17, 15) is 4.79 Å². The second kappa shape index (κ2) is 9.10. The highest BCUT2D eigenvalue weighted by molar-refractivity contribution is 5.97. The molecule has 0 aliphatic rings. The van der Waals surface area contributed by atoms with Crippen LogP contribution in [0.4, 0.5) is 5.69 Å². The number of hydrogen-bond donors (Lipinski definition) is 0. The predicted molar refractivity (Wildman–Crippen MR) is 101 cm³/mol. The highest BCUT2D eigenvalue weighted by atomic mass is 16.2. The Labute approximate surface area is 143 Å². The Morgan fingerprint density at radius 2 is 1.70 bits per heavy atom. The summed E-state index contributed by atoms with van der Waals surface area (Å²) in [6, 6.07) is 8.83. The van der Waals surface area contributed by atoms with Gasteiger partial charge in [-0.3, -0.25) is 4.79 Å². The molecule has 0 aliphatic carbocycles. The van der Waals surface area contributed by atoms with Crippen molar-refractivity contribution in [2.24, 2.45) is 5.41 Å². The lowest BCUT2D eigenvalue weighted by atomic mass is 9.87. The highest BCUT2D eigenvalue weighted by Crippen LogP contribution is 2.31. The van der Waals surface area contributed by atoms with Crippen molar-refractivity contribution >= 4 is 11.6 Å². The molecule has 0 unspecified atom stereocenters. The van der Waals surface area contributed by atoms with Gasteiger partial charge in [0.1, 0.15) is 0 Å². The summed E-state index contributed by atoms with van der Waals surface area (Å²) >= 11 is 0. The van der Waals surface area contributed by atoms with Crippen LogP contribution in [0.25, 0.3) is 0 Å². The van der Waals surface area contributed by atoms with E-state index in [0.29, 0.717) is 6.04 Å². The Kier molecular flexibility index (Phi) is 7.81. The summed E-state index contributed by atoms with van der Waals surface area (Å²) < 4.78 is 0. The van der Waals surface area contributed by atoms with Gasteiger partial charge < -0.3 is 4.90 Å². The van der Waals surface area contributed by atoms with Gasteiger partial charge in [-0.25, -0.2) is 0 Å². The van der Waals surface area contributed by atoms with Crippen LogP contribution in [0.3, 0.4) is 0 Å². The Hall–Kier alpha value is -1.31. The largest absolute Gasteiger partial charge is 0.309 e. The zero-order chi connectivity index (χ0) is 17.5. The quantitative estimate of drug-likeness (QED) is 0.548. The molecule has 0 aromatic heterocycles. The molecule has 23 heavy (non-hydrogen) atoms. The molecule has 1 rings (SSSR count). The van der Waals surface area contributed by atoms with Crippen LogP contribution in [0.15, 0.2) is 24.3 Å². The first kappa shape index (κ1) is 19.7. The molecule has 2 heteroatoms. The molecule has 0 bridgehead atoms. The van der Waals surface area contributed by atoms with Crippen LogP contribution in [0.1, 0.15) is 79.2 Å². The maximum atomic E-state index is 13.3. The van der Waals surface area contributed by atoms with Gasteiger partial charge in [0.15, 0.2) is 0 Å². The molecule has 1 aromatic carbocycles. The van der Waals surface area contributed by atoms with Crippen molar-refractivity contribution in [1.29, 1.82) is 0 Å². The molecule has 0 N–H and O–H groups in total. The summed E-state index contributed by atoms with van der Waals surface area (Å²) in [6.45, 7) is 12.8. The minimum Gasteiger partial charge on any atom is -0.309 e. The van der Waals surface area contributed by atoms with Crippen molar-refractivity contribution in [3.63, 3.8) is 0 Å². The maximum Gasteiger partial charge on any atom is 0.232 e. The molecular weight excluding hydrogens is 282 g/mol. The van der Waals surface area contributed by atoms with Gasteiger partial charge in [-0.05, 0) is 43.4 Å². The molecule has 0 fully saturated rings. The Balaban J connectivity index is 3.31. The summed E-state index contributed by atoms with van der Waals surface area (Å²) in [5.74, 6) is 0.264. The maximum absolute atomic E-state index is 13.3.